The molecule has 658 valence electrons. The molecule has 2 unspecified atom stereocenters. The van der Waals surface area contributed by atoms with E-state index in [2.05, 4.69) is 62.3 Å². The van der Waals surface area contributed by atoms with Gasteiger partial charge in [-0.15, -0.1) is 0 Å². The minimum absolute atomic E-state index is 0.0447. The lowest BCUT2D eigenvalue weighted by atomic mass is 9.72. The van der Waals surface area contributed by atoms with Crippen LogP contribution in [0.4, 0.5) is 0 Å². The summed E-state index contributed by atoms with van der Waals surface area (Å²) in [5, 5.41) is 0. The Hall–Kier alpha value is -4.77. The predicted molar refractivity (Wildman–Crippen MR) is 456 cm³/mol. The van der Waals surface area contributed by atoms with Gasteiger partial charge in [0.05, 0.1) is 94.5 Å². The molecule has 0 aliphatic rings. The molecule has 0 aromatic heterocycles. The van der Waals surface area contributed by atoms with Gasteiger partial charge in [-0.1, -0.05) is 172 Å². The van der Waals surface area contributed by atoms with E-state index in [1.54, 1.807) is 0 Å². The molecule has 0 aromatic rings. The van der Waals surface area contributed by atoms with Crippen LogP contribution in [0.25, 0.3) is 0 Å². The van der Waals surface area contributed by atoms with Gasteiger partial charge in [-0.2, -0.15) is 0 Å². The first-order valence-corrected chi connectivity index (χ1v) is 42.0. The van der Waals surface area contributed by atoms with E-state index in [1.165, 1.54) is 0 Å². The lowest BCUT2D eigenvalue weighted by molar-refractivity contribution is -0.178. The smallest absolute Gasteiger partial charge is 0.312 e. The molecule has 0 aliphatic carbocycles. The molecule has 0 bridgehead atoms. The molecule has 0 N–H and O–H groups in total. The number of unbranched alkanes of at least 4 members (excludes halogenated alkanes) is 3. The van der Waals surface area contributed by atoms with Crippen molar-refractivity contribution in [3.05, 3.63) is 0 Å². The van der Waals surface area contributed by atoms with Gasteiger partial charge < -0.3 is 42.6 Å². The van der Waals surface area contributed by atoms with Gasteiger partial charge in [0.2, 0.25) is 0 Å². The van der Waals surface area contributed by atoms with E-state index in [9.17, 15) is 43.2 Å². The first-order valence-electron chi connectivity index (χ1n) is 42.0. The molecule has 0 saturated carbocycles. The van der Waals surface area contributed by atoms with Gasteiger partial charge in [0.1, 0.15) is 11.2 Å². The fraction of sp³-hybridized carbons (Fsp3) is 0.902. The Labute approximate surface area is 678 Å². The van der Waals surface area contributed by atoms with E-state index in [4.69, 9.17) is 42.6 Å². The highest BCUT2D eigenvalue weighted by molar-refractivity contribution is 5.81. The van der Waals surface area contributed by atoms with Crippen LogP contribution in [-0.2, 0) is 85.8 Å². The van der Waals surface area contributed by atoms with Crippen LogP contribution in [0, 0.1) is 71.4 Å². The molecule has 0 saturated heterocycles. The third kappa shape index (κ3) is 59.0. The Balaban J connectivity index is -0.000000182. The molecule has 0 spiro atoms. The maximum atomic E-state index is 12.4. The zero-order valence-electron chi connectivity index (χ0n) is 80.6. The molecule has 0 fully saturated rings. The maximum Gasteiger partial charge on any atom is 0.312 e. The van der Waals surface area contributed by atoms with E-state index >= 15 is 0 Å². The molecule has 0 amide bonds. The second-order valence-corrected chi connectivity index (χ2v) is 39.5. The van der Waals surface area contributed by atoms with Crippen molar-refractivity contribution in [3.8, 4) is 0 Å². The van der Waals surface area contributed by atoms with Crippen LogP contribution in [-0.4, -0.2) is 111 Å². The summed E-state index contributed by atoms with van der Waals surface area (Å²) in [7, 11) is 0. The topological polar surface area (TPSA) is 237 Å². The number of ether oxygens (including phenoxy) is 9. The van der Waals surface area contributed by atoms with Crippen molar-refractivity contribution >= 4 is 53.7 Å². The van der Waals surface area contributed by atoms with Gasteiger partial charge in [-0.25, -0.2) is 0 Å². The molecule has 2 atom stereocenters. The molecule has 18 nitrogen and oxygen atoms in total. The Morgan fingerprint density at radius 2 is 0.536 bits per heavy atom. The highest BCUT2D eigenvalue weighted by Gasteiger charge is 2.44. The maximum absolute atomic E-state index is 12.4. The van der Waals surface area contributed by atoms with Gasteiger partial charge in [0.15, 0.2) is 0 Å². The van der Waals surface area contributed by atoms with Gasteiger partial charge in [0.25, 0.3) is 0 Å². The van der Waals surface area contributed by atoms with Crippen molar-refractivity contribution in [3.63, 3.8) is 0 Å². The molecule has 0 aliphatic heterocycles. The summed E-state index contributed by atoms with van der Waals surface area (Å²) in [5.41, 5.74) is -4.52. The minimum Gasteiger partial charge on any atom is -0.465 e. The Kier molecular flexibility index (Phi) is 62.1. The molecule has 0 heterocycles. The van der Waals surface area contributed by atoms with Crippen molar-refractivity contribution in [1.29, 1.82) is 0 Å². The lowest BCUT2D eigenvalue weighted by Gasteiger charge is -2.40. The van der Waals surface area contributed by atoms with Crippen LogP contribution in [0.5, 0.6) is 0 Å². The van der Waals surface area contributed by atoms with Crippen molar-refractivity contribution in [2.45, 2.75) is 432 Å². The SMILES string of the molecule is CCC(C)(C)C(=O)OC(C)(C)C.CCC(C)(C)C(=O)OC(C)(C)C(C)(C)C.CCC(C)(C)C(=O)OCC(C)(C)C.CCC(C)(C)C(=O)OCC(C)C.CCC(C)OC(=O)C(C)(C)CC.CCCCOC(=O)C(C)(C)CC.CCCCOC(=O)C(C)(C)CC.CCCCOC(=O)C(C)(CC)CC(C)(C)C(=O)OCC(C)C. The molecule has 0 rings (SSSR count). The van der Waals surface area contributed by atoms with Gasteiger partial charge in [0, 0.05) is 5.41 Å². The molecule has 0 radical (unpaired) electrons. The van der Waals surface area contributed by atoms with Crippen LogP contribution in [0.15, 0.2) is 0 Å². The normalized spacial score (nSPS) is 13.0. The van der Waals surface area contributed by atoms with E-state index in [0.29, 0.717) is 64.3 Å². The number of hydrogen-bond donors (Lipinski definition) is 0. The van der Waals surface area contributed by atoms with Crippen molar-refractivity contribution in [2.24, 2.45) is 71.4 Å². The average Bonchev–Trinajstić information content (AvgIpc) is 0.819. The lowest BCUT2D eigenvalue weighted by Crippen LogP contribution is -2.44. The number of carbonyl (C=O) groups excluding carboxylic acids is 9. The first-order chi connectivity index (χ1) is 49.3. The summed E-state index contributed by atoms with van der Waals surface area (Å²) in [6.07, 6.45) is 13.6. The number of hydrogen-bond acceptors (Lipinski definition) is 18. The Bertz CT molecular complexity index is 2490. The van der Waals surface area contributed by atoms with Gasteiger partial charge >= 0.3 is 53.7 Å². The van der Waals surface area contributed by atoms with Crippen molar-refractivity contribution in [1.82, 2.24) is 0 Å². The molecular weight excluding hydrogens is 1390 g/mol. The number of esters is 9. The van der Waals surface area contributed by atoms with E-state index < -0.39 is 16.4 Å². The van der Waals surface area contributed by atoms with Gasteiger partial charge in [-0.3, -0.25) is 43.2 Å². The number of carbonyl (C=O) groups is 9. The van der Waals surface area contributed by atoms with E-state index in [-0.39, 0.29) is 114 Å². The largest absolute Gasteiger partial charge is 0.465 e. The fourth-order valence-electron chi connectivity index (χ4n) is 6.61. The summed E-state index contributed by atoms with van der Waals surface area (Å²) in [6.45, 7) is 91.6. The Morgan fingerprint density at radius 1 is 0.282 bits per heavy atom. The summed E-state index contributed by atoms with van der Waals surface area (Å²) >= 11 is 0. The number of rotatable bonds is 36. The van der Waals surface area contributed by atoms with E-state index in [1.807, 2.05) is 249 Å². The second kappa shape index (κ2) is 56.5. The summed E-state index contributed by atoms with van der Waals surface area (Å²) < 4.78 is 47.3. The zero-order chi connectivity index (χ0) is 89.3. The minimum atomic E-state index is -0.705. The zero-order valence-corrected chi connectivity index (χ0v) is 80.6. The molecule has 110 heavy (non-hydrogen) atoms. The van der Waals surface area contributed by atoms with Crippen LogP contribution in [0.1, 0.15) is 414 Å². The van der Waals surface area contributed by atoms with E-state index in [0.717, 1.165) is 89.9 Å². The third-order valence-corrected chi connectivity index (χ3v) is 20.1. The van der Waals surface area contributed by atoms with Crippen LogP contribution in [0.2, 0.25) is 0 Å². The first kappa shape index (κ1) is 121. The predicted octanol–water partition coefficient (Wildman–Crippen LogP) is 24.8. The highest BCUT2D eigenvalue weighted by atomic mass is 16.6. The average molecular weight is 1580 g/mol. The molecular formula is C92H182O18. The molecule has 0 aromatic carbocycles. The fourth-order valence-corrected chi connectivity index (χ4v) is 6.61. The Morgan fingerprint density at radius 3 is 0.782 bits per heavy atom. The third-order valence-electron chi connectivity index (χ3n) is 20.1. The van der Waals surface area contributed by atoms with Gasteiger partial charge in [-0.05, 0) is 260 Å². The molecule has 18 heteroatoms. The second-order valence-electron chi connectivity index (χ2n) is 39.5. The van der Waals surface area contributed by atoms with Crippen LogP contribution in [0.3, 0.4) is 0 Å². The summed E-state index contributed by atoms with van der Waals surface area (Å²) in [4.78, 5) is 105. The summed E-state index contributed by atoms with van der Waals surface area (Å²) in [5.74, 6) is -0.365. The quantitative estimate of drug-likeness (QED) is 0.0322. The highest BCUT2D eigenvalue weighted by Crippen LogP contribution is 2.40. The van der Waals surface area contributed by atoms with Crippen molar-refractivity contribution in [2.75, 3.05) is 39.6 Å². The standard InChI is InChI=1S/C18H34O4.C13H26O2.C11H22O2.5C10H20O2/c1-8-10-11-21-16(20)18(7,9-2)13-17(5,6)15(19)22-12-14(3)4;1-9-12(5,6)10(14)15-13(7,8)11(2,3)4;1-7-11(5,6)9(12)13-8-10(2,3)4;1-7-10(5,6)8(11)12-9(2,3)4;1-6-10(4,5)9(11)12-7-8(2)3;1-6-8(3)12-9(11)10(4,5)7-2;2*1-5-7-8-12-9(11)10(3,4)6-2/h14H,8-13H2,1-7H3;9H2,1-8H3;7-8H2,1-6H3;7H2,1-6H3;2*8H,6-7H2,1-5H3;2*5-8H2,1-4H3. The summed E-state index contributed by atoms with van der Waals surface area (Å²) in [6, 6.07) is 0. The van der Waals surface area contributed by atoms with Crippen LogP contribution >= 0.6 is 0 Å². The van der Waals surface area contributed by atoms with Crippen LogP contribution < -0.4 is 0 Å². The van der Waals surface area contributed by atoms with Crippen molar-refractivity contribution < 1.29 is 85.8 Å². The monoisotopic (exact) mass is 1580 g/mol.